The lowest BCUT2D eigenvalue weighted by atomic mass is 10.0. The van der Waals surface area contributed by atoms with Gasteiger partial charge in [-0.25, -0.2) is 4.98 Å². The molecule has 0 saturated heterocycles. The first-order valence-corrected chi connectivity index (χ1v) is 12.4. The number of nitrogens with zero attached hydrogens (tertiary/aromatic N) is 2. The van der Waals surface area contributed by atoms with E-state index in [4.69, 9.17) is 26.1 Å². The second-order valence-electron chi connectivity index (χ2n) is 9.12. The predicted molar refractivity (Wildman–Crippen MR) is 140 cm³/mol. The molecular formula is C29H33ClN2O2. The van der Waals surface area contributed by atoms with E-state index in [0.717, 1.165) is 58.3 Å². The maximum atomic E-state index is 6.32. The molecule has 0 aliphatic carbocycles. The molecule has 0 aliphatic heterocycles. The summed E-state index contributed by atoms with van der Waals surface area (Å²) in [6.07, 6.45) is 1.94. The van der Waals surface area contributed by atoms with E-state index < -0.39 is 0 Å². The third-order valence-corrected chi connectivity index (χ3v) is 6.48. The molecule has 0 N–H and O–H groups in total. The van der Waals surface area contributed by atoms with Gasteiger partial charge in [0.25, 0.3) is 0 Å². The summed E-state index contributed by atoms with van der Waals surface area (Å²) in [6.45, 7) is 10.5. The van der Waals surface area contributed by atoms with Crippen LogP contribution in [0.5, 0.6) is 11.5 Å². The number of rotatable bonds is 10. The molecule has 0 saturated carbocycles. The summed E-state index contributed by atoms with van der Waals surface area (Å²) in [6, 6.07) is 20.5. The summed E-state index contributed by atoms with van der Waals surface area (Å²) < 4.78 is 14.5. The zero-order chi connectivity index (χ0) is 24.1. The van der Waals surface area contributed by atoms with Crippen molar-refractivity contribution in [2.24, 2.45) is 0 Å². The molecule has 0 spiro atoms. The van der Waals surface area contributed by atoms with Crippen LogP contribution in [0.25, 0.3) is 11.0 Å². The molecular weight excluding hydrogens is 444 g/mol. The molecule has 0 fully saturated rings. The lowest BCUT2D eigenvalue weighted by Crippen LogP contribution is -2.09. The van der Waals surface area contributed by atoms with Crippen LogP contribution in [-0.4, -0.2) is 16.2 Å². The third-order valence-electron chi connectivity index (χ3n) is 6.06. The number of imidazole rings is 1. The molecule has 0 unspecified atom stereocenters. The van der Waals surface area contributed by atoms with Crippen LogP contribution in [0.1, 0.15) is 55.1 Å². The van der Waals surface area contributed by atoms with E-state index in [9.17, 15) is 0 Å². The number of fused-ring (bicyclic) bond motifs is 1. The van der Waals surface area contributed by atoms with E-state index in [1.165, 1.54) is 11.1 Å². The predicted octanol–water partition coefficient (Wildman–Crippen LogP) is 7.87. The van der Waals surface area contributed by atoms with Crippen LogP contribution in [0.2, 0.25) is 5.02 Å². The Morgan fingerprint density at radius 3 is 2.56 bits per heavy atom. The van der Waals surface area contributed by atoms with Crippen LogP contribution >= 0.6 is 11.6 Å². The van der Waals surface area contributed by atoms with E-state index >= 15 is 0 Å². The van der Waals surface area contributed by atoms with Crippen molar-refractivity contribution >= 4 is 22.6 Å². The highest BCUT2D eigenvalue weighted by Gasteiger charge is 2.13. The zero-order valence-electron chi connectivity index (χ0n) is 20.5. The van der Waals surface area contributed by atoms with Gasteiger partial charge in [0, 0.05) is 11.6 Å². The molecule has 5 heteroatoms. The molecule has 34 heavy (non-hydrogen) atoms. The van der Waals surface area contributed by atoms with Crippen LogP contribution in [0.4, 0.5) is 0 Å². The number of aryl methyl sites for hydroxylation is 3. The summed E-state index contributed by atoms with van der Waals surface area (Å²) in [5.41, 5.74) is 5.60. The molecule has 0 radical (unpaired) electrons. The fourth-order valence-electron chi connectivity index (χ4n) is 4.14. The largest absolute Gasteiger partial charge is 0.494 e. The summed E-state index contributed by atoms with van der Waals surface area (Å²) in [4.78, 5) is 4.88. The Kier molecular flexibility index (Phi) is 7.79. The highest BCUT2D eigenvalue weighted by molar-refractivity contribution is 6.31. The average Bonchev–Trinajstić information content (AvgIpc) is 3.17. The average molecular weight is 477 g/mol. The maximum Gasteiger partial charge on any atom is 0.147 e. The molecule has 4 aromatic rings. The van der Waals surface area contributed by atoms with E-state index in [1.54, 1.807) is 0 Å². The summed E-state index contributed by atoms with van der Waals surface area (Å²) in [5.74, 6) is 3.16. The Morgan fingerprint density at radius 1 is 0.941 bits per heavy atom. The minimum absolute atomic E-state index is 0.402. The Morgan fingerprint density at radius 2 is 1.76 bits per heavy atom. The number of halogens is 1. The maximum absolute atomic E-state index is 6.32. The van der Waals surface area contributed by atoms with Crippen LogP contribution in [0, 0.1) is 13.8 Å². The van der Waals surface area contributed by atoms with Crippen LogP contribution in [0.3, 0.4) is 0 Å². The first kappa shape index (κ1) is 24.2. The van der Waals surface area contributed by atoms with Gasteiger partial charge in [0.05, 0.1) is 17.6 Å². The third kappa shape index (κ3) is 5.74. The molecule has 4 nitrogen and oxygen atoms in total. The SMILES string of the molecule is Cc1ccc(C(C)C)c(OCc2nc3ccccc3n2CCCCOc2ccc(Cl)c(C)c2)c1. The molecule has 3 aromatic carbocycles. The van der Waals surface area contributed by atoms with Crippen molar-refractivity contribution < 1.29 is 9.47 Å². The lowest BCUT2D eigenvalue weighted by Gasteiger charge is -2.16. The number of para-hydroxylation sites is 2. The molecule has 0 atom stereocenters. The number of unbranched alkanes of at least 4 members (excludes halogenated alkanes) is 1. The van der Waals surface area contributed by atoms with Gasteiger partial charge < -0.3 is 14.0 Å². The quantitative estimate of drug-likeness (QED) is 0.218. The fourth-order valence-corrected chi connectivity index (χ4v) is 4.26. The van der Waals surface area contributed by atoms with Gasteiger partial charge in [-0.05, 0) is 85.7 Å². The van der Waals surface area contributed by atoms with E-state index in [2.05, 4.69) is 61.7 Å². The molecule has 1 heterocycles. The van der Waals surface area contributed by atoms with E-state index in [-0.39, 0.29) is 0 Å². The molecule has 0 amide bonds. The van der Waals surface area contributed by atoms with Gasteiger partial charge in [0.15, 0.2) is 0 Å². The van der Waals surface area contributed by atoms with Crippen molar-refractivity contribution in [1.82, 2.24) is 9.55 Å². The monoisotopic (exact) mass is 476 g/mol. The number of benzene rings is 3. The Labute approximate surface area is 207 Å². The van der Waals surface area contributed by atoms with Gasteiger partial charge in [0.1, 0.15) is 23.9 Å². The topological polar surface area (TPSA) is 36.3 Å². The highest BCUT2D eigenvalue weighted by Crippen LogP contribution is 2.29. The number of ether oxygens (including phenoxy) is 2. The first-order valence-electron chi connectivity index (χ1n) is 12.0. The van der Waals surface area contributed by atoms with Crippen molar-refractivity contribution in [2.75, 3.05) is 6.61 Å². The van der Waals surface area contributed by atoms with E-state index in [0.29, 0.717) is 19.1 Å². The zero-order valence-corrected chi connectivity index (χ0v) is 21.2. The summed E-state index contributed by atoms with van der Waals surface area (Å²) >= 11 is 6.11. The second kappa shape index (κ2) is 11.0. The lowest BCUT2D eigenvalue weighted by molar-refractivity contribution is 0.282. The number of hydrogen-bond acceptors (Lipinski definition) is 3. The van der Waals surface area contributed by atoms with Gasteiger partial charge in [-0.2, -0.15) is 0 Å². The van der Waals surface area contributed by atoms with Gasteiger partial charge in [-0.3, -0.25) is 0 Å². The van der Waals surface area contributed by atoms with Gasteiger partial charge in [-0.1, -0.05) is 49.7 Å². The smallest absolute Gasteiger partial charge is 0.147 e. The summed E-state index contributed by atoms with van der Waals surface area (Å²) in [7, 11) is 0. The Hall–Kier alpha value is -2.98. The van der Waals surface area contributed by atoms with Gasteiger partial charge >= 0.3 is 0 Å². The van der Waals surface area contributed by atoms with Gasteiger partial charge in [-0.15, -0.1) is 0 Å². The van der Waals surface area contributed by atoms with Crippen LogP contribution < -0.4 is 9.47 Å². The van der Waals surface area contributed by atoms with Crippen molar-refractivity contribution in [3.63, 3.8) is 0 Å². The standard InChI is InChI=1S/C29H33ClN2O2/c1-20(2)24-13-11-21(3)17-28(24)34-19-29-31-26-9-5-6-10-27(26)32(29)15-7-8-16-33-23-12-14-25(30)22(4)18-23/h5-6,9-14,17-18,20H,7-8,15-16,19H2,1-4H3. The van der Waals surface area contributed by atoms with Crippen molar-refractivity contribution in [3.8, 4) is 11.5 Å². The minimum Gasteiger partial charge on any atom is -0.494 e. The minimum atomic E-state index is 0.402. The Bertz CT molecular complexity index is 1260. The van der Waals surface area contributed by atoms with Crippen molar-refractivity contribution in [1.29, 1.82) is 0 Å². The molecule has 0 bridgehead atoms. The normalized spacial score (nSPS) is 11.4. The first-order chi connectivity index (χ1) is 16.4. The summed E-state index contributed by atoms with van der Waals surface area (Å²) in [5, 5.41) is 0.764. The molecule has 0 aliphatic rings. The van der Waals surface area contributed by atoms with Crippen LogP contribution in [-0.2, 0) is 13.2 Å². The fraction of sp³-hybridized carbons (Fsp3) is 0.345. The van der Waals surface area contributed by atoms with Gasteiger partial charge in [0.2, 0.25) is 0 Å². The number of hydrogen-bond donors (Lipinski definition) is 0. The number of aromatic nitrogens is 2. The molecule has 1 aromatic heterocycles. The Balaban J connectivity index is 1.42. The molecule has 178 valence electrons. The second-order valence-corrected chi connectivity index (χ2v) is 9.53. The van der Waals surface area contributed by atoms with E-state index in [1.807, 2.05) is 31.2 Å². The highest BCUT2D eigenvalue weighted by atomic mass is 35.5. The molecule has 4 rings (SSSR count). The van der Waals surface area contributed by atoms with Crippen molar-refractivity contribution in [2.45, 2.75) is 59.6 Å². The van der Waals surface area contributed by atoms with Crippen molar-refractivity contribution in [3.05, 3.63) is 88.2 Å². The van der Waals surface area contributed by atoms with Crippen LogP contribution in [0.15, 0.2) is 60.7 Å².